The molecule has 1 aromatic carbocycles. The summed E-state index contributed by atoms with van der Waals surface area (Å²) in [5, 5.41) is 0. The van der Waals surface area contributed by atoms with Crippen LogP contribution in [0.4, 0.5) is 0 Å². The van der Waals surface area contributed by atoms with Gasteiger partial charge < -0.3 is 0 Å². The van der Waals surface area contributed by atoms with Crippen LogP contribution in [0.1, 0.15) is 102 Å². The van der Waals surface area contributed by atoms with Crippen LogP contribution in [0.5, 0.6) is 0 Å². The predicted molar refractivity (Wildman–Crippen MR) is 130 cm³/mol. The molecule has 0 atom stereocenters. The molecule has 0 N–H and O–H groups in total. The van der Waals surface area contributed by atoms with E-state index in [1.165, 1.54) is 102 Å². The van der Waals surface area contributed by atoms with Gasteiger partial charge in [0.05, 0.1) is 0 Å². The van der Waals surface area contributed by atoms with Crippen molar-refractivity contribution >= 4 is 17.2 Å². The number of benzene rings is 1. The van der Waals surface area contributed by atoms with Crippen LogP contribution in [0, 0.1) is 0 Å². The second-order valence-corrected chi connectivity index (χ2v) is 18.7. The van der Waals surface area contributed by atoms with E-state index in [9.17, 15) is 0 Å². The Labute approximate surface area is 175 Å². The molecule has 0 radical (unpaired) electrons. The van der Waals surface area contributed by atoms with E-state index >= 15 is 0 Å². The molecule has 0 bridgehead atoms. The fourth-order valence-corrected chi connectivity index (χ4v) is 7.49. The van der Waals surface area contributed by atoms with E-state index in [1.54, 1.807) is 0 Å². The van der Waals surface area contributed by atoms with Crippen LogP contribution in [-0.2, 0) is 6.16 Å². The molecule has 0 aliphatic heterocycles. The van der Waals surface area contributed by atoms with E-state index in [0.717, 1.165) is 6.16 Å². The second-order valence-electron chi connectivity index (χ2n) is 9.48. The maximum atomic E-state index is 7.11. The zero-order valence-electron chi connectivity index (χ0n) is 18.5. The first-order valence-electron chi connectivity index (χ1n) is 11.7. The summed E-state index contributed by atoms with van der Waals surface area (Å²) < 4.78 is 0. The average molecular weight is 413 g/mol. The van der Waals surface area contributed by atoms with Gasteiger partial charge in [0.15, 0.2) is 0 Å². The molecule has 1 aromatic rings. The molecule has 0 saturated carbocycles. The first-order chi connectivity index (χ1) is 12.9. The summed E-state index contributed by atoms with van der Waals surface area (Å²) in [5.74, 6) is -2.05. The molecule has 0 unspecified atom stereocenters. The molecule has 158 valence electrons. The quantitative estimate of drug-likeness (QED) is 0.176. The SMILES string of the molecule is CCCCCCCCCCCCCCCCP(C)(C)(Cl)Cc1ccccc1. The Morgan fingerprint density at radius 1 is 0.630 bits per heavy atom. The Hall–Kier alpha value is -0.0600. The third-order valence-corrected chi connectivity index (χ3v) is 9.62. The van der Waals surface area contributed by atoms with Crippen molar-refractivity contribution in [3.8, 4) is 0 Å². The van der Waals surface area contributed by atoms with Gasteiger partial charge in [-0.2, -0.15) is 0 Å². The van der Waals surface area contributed by atoms with Crippen molar-refractivity contribution in [3.05, 3.63) is 35.9 Å². The van der Waals surface area contributed by atoms with Crippen LogP contribution >= 0.6 is 17.2 Å². The third kappa shape index (κ3) is 14.6. The maximum absolute atomic E-state index is 7.11. The Bertz CT molecular complexity index is 460. The molecule has 0 heterocycles. The van der Waals surface area contributed by atoms with E-state index in [-0.39, 0.29) is 0 Å². The molecular formula is C25H46ClP. The molecule has 1 rings (SSSR count). The van der Waals surface area contributed by atoms with Crippen molar-refractivity contribution in [3.63, 3.8) is 0 Å². The Balaban J connectivity index is 1.96. The Kier molecular flexibility index (Phi) is 13.0. The number of unbranched alkanes of at least 4 members (excludes halogenated alkanes) is 13. The molecule has 0 aromatic heterocycles. The van der Waals surface area contributed by atoms with Gasteiger partial charge in [-0.1, -0.05) is 26.2 Å². The summed E-state index contributed by atoms with van der Waals surface area (Å²) in [4.78, 5) is 0. The molecule has 0 amide bonds. The van der Waals surface area contributed by atoms with E-state index in [1.807, 2.05) is 0 Å². The van der Waals surface area contributed by atoms with E-state index in [4.69, 9.17) is 11.2 Å². The van der Waals surface area contributed by atoms with Crippen LogP contribution in [0.15, 0.2) is 30.3 Å². The summed E-state index contributed by atoms with van der Waals surface area (Å²) in [6, 6.07) is 10.8. The monoisotopic (exact) mass is 412 g/mol. The summed E-state index contributed by atoms with van der Waals surface area (Å²) in [6.45, 7) is 6.99. The zero-order chi connectivity index (χ0) is 19.9. The normalized spacial score (nSPS) is 13.4. The van der Waals surface area contributed by atoms with Gasteiger partial charge in [0.25, 0.3) is 0 Å². The van der Waals surface area contributed by atoms with E-state index in [0.29, 0.717) is 0 Å². The van der Waals surface area contributed by atoms with Gasteiger partial charge in [-0.25, -0.2) is 0 Å². The Morgan fingerprint density at radius 3 is 1.48 bits per heavy atom. The molecular weight excluding hydrogens is 367 g/mol. The molecule has 0 aliphatic rings. The first kappa shape index (κ1) is 25.0. The Morgan fingerprint density at radius 2 is 1.04 bits per heavy atom. The number of hydrogen-bond acceptors (Lipinski definition) is 0. The van der Waals surface area contributed by atoms with Crippen LogP contribution in [-0.4, -0.2) is 19.5 Å². The van der Waals surface area contributed by atoms with Crippen molar-refractivity contribution in [2.24, 2.45) is 0 Å². The summed E-state index contributed by atoms with van der Waals surface area (Å²) in [5.41, 5.74) is 1.40. The molecule has 2 heteroatoms. The first-order valence-corrected chi connectivity index (χ1v) is 16.1. The molecule has 27 heavy (non-hydrogen) atoms. The van der Waals surface area contributed by atoms with E-state index in [2.05, 4.69) is 50.6 Å². The average Bonchev–Trinajstić information content (AvgIpc) is 2.62. The fourth-order valence-electron chi connectivity index (χ4n) is 4.02. The molecule has 0 saturated heterocycles. The van der Waals surface area contributed by atoms with Crippen molar-refractivity contribution in [2.45, 2.75) is 103 Å². The summed E-state index contributed by atoms with van der Waals surface area (Å²) >= 11 is 7.11. The summed E-state index contributed by atoms with van der Waals surface area (Å²) in [7, 11) is 0. The van der Waals surface area contributed by atoms with Crippen LogP contribution in [0.3, 0.4) is 0 Å². The molecule has 0 nitrogen and oxygen atoms in total. The predicted octanol–water partition coefficient (Wildman–Crippen LogP) is 9.63. The molecule has 0 fully saturated rings. The molecule has 0 spiro atoms. The standard InChI is InChI=1S/C25H46ClP/c1-4-5-6-7-8-9-10-11-12-13-14-15-16-20-23-27(2,3,26)24-25-21-18-17-19-22-25/h17-19,21-22H,4-16,20,23-24H2,1-3H3. The van der Waals surface area contributed by atoms with Crippen LogP contribution in [0.25, 0.3) is 0 Å². The van der Waals surface area contributed by atoms with Gasteiger partial charge in [0.2, 0.25) is 0 Å². The van der Waals surface area contributed by atoms with Crippen LogP contribution in [0.2, 0.25) is 0 Å². The zero-order valence-corrected chi connectivity index (χ0v) is 20.2. The minimum atomic E-state index is -2.05. The van der Waals surface area contributed by atoms with Crippen molar-refractivity contribution in [1.82, 2.24) is 0 Å². The number of rotatable bonds is 17. The third-order valence-electron chi connectivity index (χ3n) is 5.71. The van der Waals surface area contributed by atoms with Gasteiger partial charge in [0, 0.05) is 0 Å². The molecule has 0 aliphatic carbocycles. The van der Waals surface area contributed by atoms with E-state index < -0.39 is 5.96 Å². The van der Waals surface area contributed by atoms with Crippen molar-refractivity contribution in [1.29, 1.82) is 0 Å². The van der Waals surface area contributed by atoms with Crippen molar-refractivity contribution < 1.29 is 0 Å². The number of halogens is 1. The fraction of sp³-hybridized carbons (Fsp3) is 0.760. The van der Waals surface area contributed by atoms with Gasteiger partial charge in [-0.3, -0.25) is 0 Å². The van der Waals surface area contributed by atoms with Gasteiger partial charge >= 0.3 is 149 Å². The number of hydrogen-bond donors (Lipinski definition) is 0. The second kappa shape index (κ2) is 14.0. The van der Waals surface area contributed by atoms with Gasteiger partial charge in [-0.15, -0.1) is 0 Å². The van der Waals surface area contributed by atoms with Gasteiger partial charge in [0.1, 0.15) is 0 Å². The minimum absolute atomic E-state index is 1.08. The van der Waals surface area contributed by atoms with Crippen molar-refractivity contribution in [2.75, 3.05) is 19.5 Å². The van der Waals surface area contributed by atoms with Gasteiger partial charge in [-0.05, 0) is 0 Å². The summed E-state index contributed by atoms with van der Waals surface area (Å²) in [6.07, 6.45) is 22.2. The topological polar surface area (TPSA) is 0 Å². The van der Waals surface area contributed by atoms with Crippen LogP contribution < -0.4 is 0 Å².